The van der Waals surface area contributed by atoms with Gasteiger partial charge in [-0.15, -0.1) is 0 Å². The number of likely N-dealkylation sites (tertiary alicyclic amines) is 1. The Balaban J connectivity index is 1.37. The number of aromatic nitrogens is 4. The first-order valence-corrected chi connectivity index (χ1v) is 10.8. The van der Waals surface area contributed by atoms with Crippen molar-refractivity contribution in [2.75, 3.05) is 18.0 Å². The van der Waals surface area contributed by atoms with Gasteiger partial charge in [0, 0.05) is 36.5 Å². The van der Waals surface area contributed by atoms with Crippen LogP contribution in [0.25, 0.3) is 0 Å². The van der Waals surface area contributed by atoms with Crippen molar-refractivity contribution in [2.45, 2.75) is 39.2 Å². The van der Waals surface area contributed by atoms with Crippen LogP contribution in [0.2, 0.25) is 0 Å². The zero-order valence-electron chi connectivity index (χ0n) is 18.2. The highest BCUT2D eigenvalue weighted by Gasteiger charge is 2.35. The van der Waals surface area contributed by atoms with E-state index < -0.39 is 0 Å². The van der Waals surface area contributed by atoms with E-state index >= 15 is 0 Å². The van der Waals surface area contributed by atoms with Crippen molar-refractivity contribution >= 4 is 17.6 Å². The summed E-state index contributed by atoms with van der Waals surface area (Å²) in [4.78, 5) is 47.0. The maximum absolute atomic E-state index is 12.8. The van der Waals surface area contributed by atoms with E-state index in [2.05, 4.69) is 9.97 Å². The minimum atomic E-state index is -0.126. The second-order valence-corrected chi connectivity index (χ2v) is 8.39. The lowest BCUT2D eigenvalue weighted by Gasteiger charge is -2.19. The van der Waals surface area contributed by atoms with Crippen LogP contribution >= 0.6 is 0 Å². The number of hydrogen-bond donors (Lipinski definition) is 0. The molecule has 1 aromatic carbocycles. The summed E-state index contributed by atoms with van der Waals surface area (Å²) in [6.45, 7) is 5.41. The lowest BCUT2D eigenvalue weighted by Crippen LogP contribution is -2.29. The van der Waals surface area contributed by atoms with E-state index in [1.54, 1.807) is 16.0 Å². The van der Waals surface area contributed by atoms with Gasteiger partial charge < -0.3 is 4.90 Å². The summed E-state index contributed by atoms with van der Waals surface area (Å²) in [6.07, 6.45) is 4.23. The Labute approximate surface area is 186 Å². The molecule has 1 fully saturated rings. The molecule has 0 bridgehead atoms. The van der Waals surface area contributed by atoms with Gasteiger partial charge in [-0.3, -0.25) is 19.5 Å². The van der Waals surface area contributed by atoms with E-state index in [-0.39, 0.29) is 17.7 Å². The van der Waals surface area contributed by atoms with Crippen LogP contribution < -0.4 is 4.90 Å². The minimum Gasteiger partial charge on any atom is -0.337 e. The van der Waals surface area contributed by atoms with E-state index in [4.69, 9.17) is 9.97 Å². The molecule has 32 heavy (non-hydrogen) atoms. The molecule has 2 amide bonds. The molecule has 0 radical (unpaired) electrons. The van der Waals surface area contributed by atoms with Crippen LogP contribution in [0.15, 0.2) is 42.7 Å². The number of benzene rings is 1. The number of amides is 2. The fourth-order valence-corrected chi connectivity index (χ4v) is 4.33. The highest BCUT2D eigenvalue weighted by molar-refractivity contribution is 6.00. The van der Waals surface area contributed by atoms with Crippen molar-refractivity contribution in [3.63, 3.8) is 0 Å². The molecule has 0 N–H and O–H groups in total. The maximum atomic E-state index is 12.8. The van der Waals surface area contributed by atoms with E-state index in [0.717, 1.165) is 28.9 Å². The number of rotatable bonds is 4. The fraction of sp³-hybridized carbons (Fsp3) is 0.333. The zero-order chi connectivity index (χ0) is 22.2. The first-order valence-electron chi connectivity index (χ1n) is 10.8. The Morgan fingerprint density at radius 2 is 1.91 bits per heavy atom. The second kappa shape index (κ2) is 8.11. The predicted octanol–water partition coefficient (Wildman–Crippen LogP) is 2.60. The van der Waals surface area contributed by atoms with E-state index in [0.29, 0.717) is 43.4 Å². The lowest BCUT2D eigenvalue weighted by molar-refractivity contribution is -0.117. The Bertz CT molecular complexity index is 1180. The van der Waals surface area contributed by atoms with Gasteiger partial charge in [0.25, 0.3) is 5.91 Å². The maximum Gasteiger partial charge on any atom is 0.274 e. The molecule has 4 heterocycles. The molecule has 8 heteroatoms. The van der Waals surface area contributed by atoms with Gasteiger partial charge in [-0.1, -0.05) is 30.3 Å². The molecule has 0 unspecified atom stereocenters. The van der Waals surface area contributed by atoms with Crippen LogP contribution in [0.1, 0.15) is 51.2 Å². The Kier molecular flexibility index (Phi) is 5.13. The second-order valence-electron chi connectivity index (χ2n) is 8.39. The summed E-state index contributed by atoms with van der Waals surface area (Å²) in [5, 5.41) is 0. The highest BCUT2D eigenvalue weighted by Crippen LogP contribution is 2.33. The number of nitrogens with zero attached hydrogens (tertiary/aromatic N) is 6. The summed E-state index contributed by atoms with van der Waals surface area (Å²) in [5.41, 5.74) is 3.92. The van der Waals surface area contributed by atoms with Gasteiger partial charge in [-0.2, -0.15) is 0 Å². The van der Waals surface area contributed by atoms with Crippen molar-refractivity contribution in [1.29, 1.82) is 0 Å². The molecule has 5 rings (SSSR count). The first-order chi connectivity index (χ1) is 15.5. The van der Waals surface area contributed by atoms with Gasteiger partial charge >= 0.3 is 0 Å². The van der Waals surface area contributed by atoms with Crippen LogP contribution in [0.4, 0.5) is 5.82 Å². The number of aryl methyl sites for hydroxylation is 2. The summed E-state index contributed by atoms with van der Waals surface area (Å²) >= 11 is 0. The number of hydrogen-bond acceptors (Lipinski definition) is 6. The van der Waals surface area contributed by atoms with E-state index in [1.807, 2.05) is 44.2 Å². The molecular formula is C24H24N6O2. The Hall–Kier alpha value is -3.68. The van der Waals surface area contributed by atoms with Crippen molar-refractivity contribution in [3.8, 4) is 0 Å². The van der Waals surface area contributed by atoms with Crippen LogP contribution in [-0.2, 0) is 17.8 Å². The van der Waals surface area contributed by atoms with Gasteiger partial charge in [0.1, 0.15) is 17.3 Å². The van der Waals surface area contributed by atoms with Crippen molar-refractivity contribution in [1.82, 2.24) is 24.8 Å². The number of fused-ring (bicyclic) bond motifs is 1. The fourth-order valence-electron chi connectivity index (χ4n) is 4.33. The molecule has 3 aromatic rings. The molecule has 1 atom stereocenters. The molecule has 162 valence electrons. The van der Waals surface area contributed by atoms with Gasteiger partial charge in [-0.25, -0.2) is 15.0 Å². The average Bonchev–Trinajstić information content (AvgIpc) is 3.41. The zero-order valence-corrected chi connectivity index (χ0v) is 18.2. The number of carbonyl (C=O) groups is 2. The molecule has 2 aliphatic heterocycles. The van der Waals surface area contributed by atoms with Gasteiger partial charge in [0.05, 0.1) is 24.9 Å². The third-order valence-corrected chi connectivity index (χ3v) is 6.12. The third kappa shape index (κ3) is 3.72. The highest BCUT2D eigenvalue weighted by atomic mass is 16.2. The quantitative estimate of drug-likeness (QED) is 0.634. The topological polar surface area (TPSA) is 92.2 Å². The molecule has 0 spiro atoms. The third-order valence-electron chi connectivity index (χ3n) is 6.12. The molecular weight excluding hydrogens is 404 g/mol. The first kappa shape index (κ1) is 20.2. The van der Waals surface area contributed by atoms with Crippen molar-refractivity contribution in [3.05, 3.63) is 76.8 Å². The summed E-state index contributed by atoms with van der Waals surface area (Å²) in [5.74, 6) is 1.34. The van der Waals surface area contributed by atoms with Crippen LogP contribution in [0.3, 0.4) is 0 Å². The van der Waals surface area contributed by atoms with Crippen molar-refractivity contribution in [2.24, 2.45) is 0 Å². The normalized spacial score (nSPS) is 17.7. The SMILES string of the molecule is Cc1cnc(C(=O)N2CC[C@@H](c3nc(C)c4c(n3)N(Cc3ccccc3)C(=O)C4)C2)cn1. The summed E-state index contributed by atoms with van der Waals surface area (Å²) < 4.78 is 0. The molecule has 2 aromatic heterocycles. The monoisotopic (exact) mass is 428 g/mol. The average molecular weight is 428 g/mol. The lowest BCUT2D eigenvalue weighted by atomic mass is 10.1. The summed E-state index contributed by atoms with van der Waals surface area (Å²) in [7, 11) is 0. The number of anilines is 1. The van der Waals surface area contributed by atoms with Gasteiger partial charge in [0.15, 0.2) is 0 Å². The van der Waals surface area contributed by atoms with E-state index in [9.17, 15) is 9.59 Å². The van der Waals surface area contributed by atoms with Crippen LogP contribution in [0.5, 0.6) is 0 Å². The molecule has 8 nitrogen and oxygen atoms in total. The van der Waals surface area contributed by atoms with Crippen molar-refractivity contribution < 1.29 is 9.59 Å². The van der Waals surface area contributed by atoms with E-state index in [1.165, 1.54) is 6.20 Å². The summed E-state index contributed by atoms with van der Waals surface area (Å²) in [6, 6.07) is 9.91. The number of carbonyl (C=O) groups excluding carboxylic acids is 2. The molecule has 0 saturated carbocycles. The standard InChI is InChI=1S/C24H24N6O2/c1-15-11-26-20(12-25-15)24(32)29-9-8-18(14-29)22-27-16(2)19-10-21(31)30(23(19)28-22)13-17-6-4-3-5-7-17/h3-7,11-12,18H,8-10,13-14H2,1-2H3/t18-/m1/s1. The Morgan fingerprint density at radius 1 is 1.09 bits per heavy atom. The van der Waals surface area contributed by atoms with Crippen LogP contribution in [-0.4, -0.2) is 49.7 Å². The largest absolute Gasteiger partial charge is 0.337 e. The molecule has 2 aliphatic rings. The predicted molar refractivity (Wildman–Crippen MR) is 118 cm³/mol. The smallest absolute Gasteiger partial charge is 0.274 e. The van der Waals surface area contributed by atoms with Crippen LogP contribution in [0, 0.1) is 13.8 Å². The van der Waals surface area contributed by atoms with Gasteiger partial charge in [-0.05, 0) is 25.8 Å². The molecule has 1 saturated heterocycles. The molecule has 0 aliphatic carbocycles. The van der Waals surface area contributed by atoms with Gasteiger partial charge in [0.2, 0.25) is 5.91 Å². The Morgan fingerprint density at radius 3 is 2.66 bits per heavy atom. The minimum absolute atomic E-state index is 0.0237.